The van der Waals surface area contributed by atoms with E-state index < -0.39 is 12.7 Å². The van der Waals surface area contributed by atoms with E-state index in [0.29, 0.717) is 25.2 Å². The molecule has 0 radical (unpaired) electrons. The second kappa shape index (κ2) is 7.64. The summed E-state index contributed by atoms with van der Waals surface area (Å²) < 4.78 is 38.4. The van der Waals surface area contributed by atoms with Crippen molar-refractivity contribution in [1.29, 1.82) is 0 Å². The maximum atomic E-state index is 12.8. The monoisotopic (exact) mass is 303 g/mol. The summed E-state index contributed by atoms with van der Waals surface area (Å²) in [7, 11) is 0. The van der Waals surface area contributed by atoms with E-state index in [1.165, 1.54) is 4.90 Å². The smallest absolute Gasteiger partial charge is 0.362 e. The predicted molar refractivity (Wildman–Crippen MR) is 79.5 cm³/mol. The summed E-state index contributed by atoms with van der Waals surface area (Å²) in [5.41, 5.74) is 2.14. The summed E-state index contributed by atoms with van der Waals surface area (Å²) >= 11 is 0. The van der Waals surface area contributed by atoms with Crippen LogP contribution in [0.25, 0.3) is 0 Å². The lowest BCUT2D eigenvalue weighted by Gasteiger charge is -2.28. The fourth-order valence-corrected chi connectivity index (χ4v) is 2.09. The zero-order valence-electron chi connectivity index (χ0n) is 13.1. The Hall–Kier alpha value is -1.30. The lowest BCUT2D eigenvalue weighted by molar-refractivity contribution is -0.119. The number of aromatic nitrogens is 1. The van der Waals surface area contributed by atoms with Crippen molar-refractivity contribution in [3.05, 3.63) is 23.5 Å². The van der Waals surface area contributed by atoms with Crippen LogP contribution in [-0.2, 0) is 6.54 Å². The van der Waals surface area contributed by atoms with Crippen LogP contribution in [0.5, 0.6) is 0 Å². The zero-order chi connectivity index (χ0) is 16.0. The van der Waals surface area contributed by atoms with Crippen molar-refractivity contribution in [2.45, 2.75) is 52.9 Å². The van der Waals surface area contributed by atoms with Gasteiger partial charge in [0.15, 0.2) is 0 Å². The molecule has 0 aliphatic carbocycles. The van der Waals surface area contributed by atoms with Gasteiger partial charge in [0.2, 0.25) is 0 Å². The molecule has 0 unspecified atom stereocenters. The van der Waals surface area contributed by atoms with Gasteiger partial charge in [0.25, 0.3) is 0 Å². The molecule has 0 saturated carbocycles. The zero-order valence-corrected chi connectivity index (χ0v) is 13.1. The SMILES string of the molecule is CCCN(CC(F)(F)F)c1cc(C)ncc1CNC(C)C. The molecule has 0 saturated heterocycles. The first kappa shape index (κ1) is 17.8. The molecule has 3 nitrogen and oxygen atoms in total. The normalized spacial score (nSPS) is 12.0. The number of nitrogens with zero attached hydrogens (tertiary/aromatic N) is 2. The molecule has 1 N–H and O–H groups in total. The number of hydrogen-bond acceptors (Lipinski definition) is 3. The molecule has 6 heteroatoms. The molecule has 0 spiro atoms. The van der Waals surface area contributed by atoms with Crippen molar-refractivity contribution in [1.82, 2.24) is 10.3 Å². The van der Waals surface area contributed by atoms with Crippen LogP contribution in [0.2, 0.25) is 0 Å². The Labute approximate surface area is 124 Å². The summed E-state index contributed by atoms with van der Waals surface area (Å²) in [5.74, 6) is 0. The Morgan fingerprint density at radius 1 is 1.33 bits per heavy atom. The largest absolute Gasteiger partial charge is 0.405 e. The minimum absolute atomic E-state index is 0.265. The molecule has 0 aromatic carbocycles. The van der Waals surface area contributed by atoms with Gasteiger partial charge in [-0.05, 0) is 19.4 Å². The molecule has 1 aromatic rings. The van der Waals surface area contributed by atoms with E-state index in [0.717, 1.165) is 11.3 Å². The van der Waals surface area contributed by atoms with Crippen LogP contribution < -0.4 is 10.2 Å². The average molecular weight is 303 g/mol. The number of aryl methyl sites for hydroxylation is 1. The topological polar surface area (TPSA) is 28.2 Å². The Bertz CT molecular complexity index is 444. The van der Waals surface area contributed by atoms with Gasteiger partial charge in [0.1, 0.15) is 6.54 Å². The van der Waals surface area contributed by atoms with Crippen LogP contribution in [0.4, 0.5) is 18.9 Å². The van der Waals surface area contributed by atoms with Gasteiger partial charge in [-0.2, -0.15) is 13.2 Å². The Balaban J connectivity index is 3.06. The summed E-state index contributed by atoms with van der Waals surface area (Å²) in [6.07, 6.45) is -1.89. The van der Waals surface area contributed by atoms with Crippen LogP contribution in [0.15, 0.2) is 12.3 Å². The van der Waals surface area contributed by atoms with Gasteiger partial charge in [-0.3, -0.25) is 4.98 Å². The van der Waals surface area contributed by atoms with Gasteiger partial charge in [-0.1, -0.05) is 20.8 Å². The van der Waals surface area contributed by atoms with Crippen molar-refractivity contribution in [3.8, 4) is 0 Å². The molecule has 1 aromatic heterocycles. The van der Waals surface area contributed by atoms with Crippen LogP contribution in [-0.4, -0.2) is 30.3 Å². The third-order valence-corrected chi connectivity index (χ3v) is 3.00. The summed E-state index contributed by atoms with van der Waals surface area (Å²) in [6.45, 7) is 7.63. The van der Waals surface area contributed by atoms with Gasteiger partial charge < -0.3 is 10.2 Å². The van der Waals surface area contributed by atoms with E-state index in [-0.39, 0.29) is 6.04 Å². The van der Waals surface area contributed by atoms with Crippen LogP contribution in [0.1, 0.15) is 38.4 Å². The van der Waals surface area contributed by atoms with E-state index in [4.69, 9.17) is 0 Å². The van der Waals surface area contributed by atoms with E-state index in [9.17, 15) is 13.2 Å². The molecule has 21 heavy (non-hydrogen) atoms. The number of nitrogens with one attached hydrogen (secondary N) is 1. The Morgan fingerprint density at radius 2 is 2.00 bits per heavy atom. The van der Waals surface area contributed by atoms with Crippen LogP contribution in [0.3, 0.4) is 0 Å². The second-order valence-electron chi connectivity index (χ2n) is 5.53. The molecular formula is C15H24F3N3. The first-order valence-corrected chi connectivity index (χ1v) is 7.23. The lowest BCUT2D eigenvalue weighted by atomic mass is 10.1. The molecule has 0 amide bonds. The number of pyridine rings is 1. The number of hydrogen-bond donors (Lipinski definition) is 1. The maximum absolute atomic E-state index is 12.8. The highest BCUT2D eigenvalue weighted by atomic mass is 19.4. The molecule has 0 fully saturated rings. The van der Waals surface area contributed by atoms with Gasteiger partial charge in [0.05, 0.1) is 0 Å². The summed E-state index contributed by atoms with van der Waals surface area (Å²) in [4.78, 5) is 5.60. The van der Waals surface area contributed by atoms with Gasteiger partial charge in [-0.15, -0.1) is 0 Å². The van der Waals surface area contributed by atoms with Crippen molar-refractivity contribution < 1.29 is 13.2 Å². The minimum atomic E-state index is -4.21. The van der Waals surface area contributed by atoms with E-state index in [2.05, 4.69) is 10.3 Å². The third kappa shape index (κ3) is 6.33. The lowest BCUT2D eigenvalue weighted by Crippen LogP contribution is -2.36. The Morgan fingerprint density at radius 3 is 2.52 bits per heavy atom. The highest BCUT2D eigenvalue weighted by Gasteiger charge is 2.31. The van der Waals surface area contributed by atoms with Gasteiger partial charge in [-0.25, -0.2) is 0 Å². The number of alkyl halides is 3. The van der Waals surface area contributed by atoms with E-state index in [1.54, 1.807) is 19.2 Å². The standard InChI is InChI=1S/C15H24F3N3/c1-5-6-21(10-15(16,17)18)14-7-12(4)20-9-13(14)8-19-11(2)3/h7,9,11,19H,5-6,8,10H2,1-4H3. The first-order valence-electron chi connectivity index (χ1n) is 7.23. The first-order chi connectivity index (χ1) is 9.73. The Kier molecular flexibility index (Phi) is 6.45. The fraction of sp³-hybridized carbons (Fsp3) is 0.667. The highest BCUT2D eigenvalue weighted by molar-refractivity contribution is 5.53. The molecule has 120 valence electrons. The van der Waals surface area contributed by atoms with Crippen LogP contribution >= 0.6 is 0 Å². The molecule has 1 heterocycles. The molecule has 1 rings (SSSR count). The molecule has 0 bridgehead atoms. The number of halogens is 3. The van der Waals surface area contributed by atoms with E-state index >= 15 is 0 Å². The average Bonchev–Trinajstić information content (AvgIpc) is 2.35. The molecular weight excluding hydrogens is 279 g/mol. The summed E-state index contributed by atoms with van der Waals surface area (Å²) in [6, 6.07) is 2.00. The molecule has 0 atom stereocenters. The highest BCUT2D eigenvalue weighted by Crippen LogP contribution is 2.26. The predicted octanol–water partition coefficient (Wildman–Crippen LogP) is 3.67. The van der Waals surface area contributed by atoms with Crippen molar-refractivity contribution >= 4 is 5.69 Å². The van der Waals surface area contributed by atoms with Gasteiger partial charge >= 0.3 is 6.18 Å². The minimum Gasteiger partial charge on any atom is -0.362 e. The number of rotatable bonds is 7. The third-order valence-electron chi connectivity index (χ3n) is 3.00. The fourth-order valence-electron chi connectivity index (χ4n) is 2.09. The molecule has 0 aliphatic rings. The second-order valence-corrected chi connectivity index (χ2v) is 5.53. The van der Waals surface area contributed by atoms with Gasteiger partial charge in [0, 0.05) is 42.3 Å². The summed E-state index contributed by atoms with van der Waals surface area (Å²) in [5, 5.41) is 3.23. The van der Waals surface area contributed by atoms with Crippen LogP contribution in [0, 0.1) is 6.92 Å². The van der Waals surface area contributed by atoms with Crippen molar-refractivity contribution in [2.24, 2.45) is 0 Å². The maximum Gasteiger partial charge on any atom is 0.405 e. The quantitative estimate of drug-likeness (QED) is 0.833. The van der Waals surface area contributed by atoms with Crippen molar-refractivity contribution in [2.75, 3.05) is 18.0 Å². The van der Waals surface area contributed by atoms with E-state index in [1.807, 2.05) is 20.8 Å². The molecule has 0 aliphatic heterocycles. The number of anilines is 1. The van der Waals surface area contributed by atoms with Crippen molar-refractivity contribution in [3.63, 3.8) is 0 Å².